The molecule has 0 atom stereocenters. The van der Waals surface area contributed by atoms with Gasteiger partial charge in [0.05, 0.1) is 16.2 Å². The maximum atomic E-state index is 13.2. The predicted octanol–water partition coefficient (Wildman–Crippen LogP) is 5.94. The summed E-state index contributed by atoms with van der Waals surface area (Å²) in [5.74, 6) is 0. The number of carbonyl (C=O) groups is 1. The lowest BCUT2D eigenvalue weighted by Gasteiger charge is -2.09. The van der Waals surface area contributed by atoms with Crippen molar-refractivity contribution >= 4 is 62.8 Å². The Bertz CT molecular complexity index is 1580. The van der Waals surface area contributed by atoms with Gasteiger partial charge in [-0.2, -0.15) is 0 Å². The van der Waals surface area contributed by atoms with Gasteiger partial charge in [-0.25, -0.2) is 4.98 Å². The third kappa shape index (κ3) is 3.10. The van der Waals surface area contributed by atoms with E-state index in [-0.39, 0.29) is 5.56 Å². The molecule has 0 N–H and O–H groups in total. The molecule has 0 spiro atoms. The highest BCUT2D eigenvalue weighted by Gasteiger charge is 2.18. The van der Waals surface area contributed by atoms with E-state index in [0.717, 1.165) is 39.5 Å². The SMILES string of the molecule is Cn1c(=O)c(-c2ccc(Cl)cc2Cl)cc2c3cc(-c4csc(C=O)n4)ccc3n(C)c21. The lowest BCUT2D eigenvalue weighted by molar-refractivity contribution is 0.112. The molecule has 0 bridgehead atoms. The van der Waals surface area contributed by atoms with Crippen LogP contribution in [0.25, 0.3) is 44.3 Å². The molecule has 0 saturated carbocycles. The number of aromatic nitrogens is 3. The second-order valence-electron chi connectivity index (χ2n) is 7.26. The largest absolute Gasteiger partial charge is 0.330 e. The zero-order valence-corrected chi connectivity index (χ0v) is 18.8. The van der Waals surface area contributed by atoms with Crippen molar-refractivity contribution in [3.8, 4) is 22.4 Å². The highest BCUT2D eigenvalue weighted by molar-refractivity contribution is 7.11. The van der Waals surface area contributed by atoms with Crippen molar-refractivity contribution in [2.75, 3.05) is 0 Å². The molecule has 2 aromatic carbocycles. The average Bonchev–Trinajstić information content (AvgIpc) is 3.34. The van der Waals surface area contributed by atoms with Crippen LogP contribution in [-0.4, -0.2) is 20.4 Å². The van der Waals surface area contributed by atoms with Crippen LogP contribution in [0, 0.1) is 0 Å². The van der Waals surface area contributed by atoms with E-state index in [0.29, 0.717) is 26.2 Å². The molecule has 5 aromatic rings. The molecule has 0 aliphatic rings. The first-order valence-electron chi connectivity index (χ1n) is 9.37. The van der Waals surface area contributed by atoms with E-state index in [4.69, 9.17) is 23.2 Å². The van der Waals surface area contributed by atoms with Crippen LogP contribution in [-0.2, 0) is 14.1 Å². The number of aryl methyl sites for hydroxylation is 2. The number of carbonyl (C=O) groups excluding carboxylic acids is 1. The Labute approximate surface area is 191 Å². The number of hydrogen-bond acceptors (Lipinski definition) is 4. The first-order valence-corrected chi connectivity index (χ1v) is 11.0. The molecule has 5 nitrogen and oxygen atoms in total. The molecule has 3 heterocycles. The molecule has 0 amide bonds. The van der Waals surface area contributed by atoms with Gasteiger partial charge < -0.3 is 4.57 Å². The predicted molar refractivity (Wildman–Crippen MR) is 128 cm³/mol. The fourth-order valence-corrected chi connectivity index (χ4v) is 5.16. The monoisotopic (exact) mass is 467 g/mol. The molecule has 3 aromatic heterocycles. The van der Waals surface area contributed by atoms with Crippen LogP contribution in [0.4, 0.5) is 0 Å². The number of halogens is 2. The normalized spacial score (nSPS) is 11.5. The van der Waals surface area contributed by atoms with Gasteiger partial charge in [0.1, 0.15) is 5.65 Å². The quantitative estimate of drug-likeness (QED) is 0.308. The minimum atomic E-state index is -0.141. The van der Waals surface area contributed by atoms with E-state index in [2.05, 4.69) is 4.98 Å². The lowest BCUT2D eigenvalue weighted by atomic mass is 10.0. The number of fused-ring (bicyclic) bond motifs is 3. The van der Waals surface area contributed by atoms with Gasteiger partial charge in [-0.3, -0.25) is 14.2 Å². The number of nitrogens with zero attached hydrogens (tertiary/aromatic N) is 3. The Balaban J connectivity index is 1.83. The molecule has 31 heavy (non-hydrogen) atoms. The molecular weight excluding hydrogens is 453 g/mol. The second-order valence-corrected chi connectivity index (χ2v) is 9.00. The van der Waals surface area contributed by atoms with E-state index < -0.39 is 0 Å². The number of thiazole rings is 1. The summed E-state index contributed by atoms with van der Waals surface area (Å²) in [7, 11) is 3.70. The second kappa shape index (κ2) is 7.34. The molecule has 0 aliphatic carbocycles. The summed E-state index contributed by atoms with van der Waals surface area (Å²) < 4.78 is 3.64. The Morgan fingerprint density at radius 2 is 1.77 bits per heavy atom. The van der Waals surface area contributed by atoms with E-state index in [1.165, 1.54) is 11.3 Å². The van der Waals surface area contributed by atoms with Gasteiger partial charge in [-0.15, -0.1) is 11.3 Å². The Morgan fingerprint density at radius 1 is 0.968 bits per heavy atom. The summed E-state index contributed by atoms with van der Waals surface area (Å²) in [5, 5.41) is 5.15. The number of pyridine rings is 1. The lowest BCUT2D eigenvalue weighted by Crippen LogP contribution is -2.20. The summed E-state index contributed by atoms with van der Waals surface area (Å²) in [6, 6.07) is 13.0. The van der Waals surface area contributed by atoms with Crippen molar-refractivity contribution in [3.63, 3.8) is 0 Å². The van der Waals surface area contributed by atoms with Crippen molar-refractivity contribution in [1.82, 2.24) is 14.1 Å². The number of benzene rings is 2. The molecule has 5 rings (SSSR count). The number of rotatable bonds is 3. The van der Waals surface area contributed by atoms with Crippen LogP contribution < -0.4 is 5.56 Å². The van der Waals surface area contributed by atoms with Crippen molar-refractivity contribution in [2.24, 2.45) is 14.1 Å². The van der Waals surface area contributed by atoms with Crippen LogP contribution in [0.15, 0.2) is 52.6 Å². The van der Waals surface area contributed by atoms with E-state index in [1.807, 2.05) is 41.3 Å². The van der Waals surface area contributed by atoms with Gasteiger partial charge in [0.2, 0.25) is 0 Å². The van der Waals surface area contributed by atoms with Gasteiger partial charge in [0.25, 0.3) is 5.56 Å². The van der Waals surface area contributed by atoms with Gasteiger partial charge in [-0.05, 0) is 30.3 Å². The van der Waals surface area contributed by atoms with Gasteiger partial charge in [-0.1, -0.05) is 35.3 Å². The maximum Gasteiger partial charge on any atom is 0.259 e. The number of hydrogen-bond donors (Lipinski definition) is 0. The van der Waals surface area contributed by atoms with Gasteiger partial charge in [0.15, 0.2) is 11.3 Å². The number of aldehydes is 1. The highest BCUT2D eigenvalue weighted by Crippen LogP contribution is 2.35. The van der Waals surface area contributed by atoms with Crippen LogP contribution >= 0.6 is 34.5 Å². The highest BCUT2D eigenvalue weighted by atomic mass is 35.5. The molecule has 0 aliphatic heterocycles. The third-order valence-electron chi connectivity index (χ3n) is 5.49. The average molecular weight is 468 g/mol. The Hall–Kier alpha value is -2.93. The molecule has 154 valence electrons. The summed E-state index contributed by atoms with van der Waals surface area (Å²) >= 11 is 13.8. The molecule has 0 fully saturated rings. The van der Waals surface area contributed by atoms with Crippen LogP contribution in [0.5, 0.6) is 0 Å². The van der Waals surface area contributed by atoms with Crippen molar-refractivity contribution < 1.29 is 4.79 Å². The summed E-state index contributed by atoms with van der Waals surface area (Å²) in [6.07, 6.45) is 0.753. The van der Waals surface area contributed by atoms with Gasteiger partial charge >= 0.3 is 0 Å². The van der Waals surface area contributed by atoms with Crippen LogP contribution in [0.2, 0.25) is 10.0 Å². The van der Waals surface area contributed by atoms with E-state index in [9.17, 15) is 9.59 Å². The maximum absolute atomic E-state index is 13.2. The van der Waals surface area contributed by atoms with E-state index in [1.54, 1.807) is 29.8 Å². The van der Waals surface area contributed by atoms with Crippen LogP contribution in [0.3, 0.4) is 0 Å². The Morgan fingerprint density at radius 3 is 2.48 bits per heavy atom. The summed E-state index contributed by atoms with van der Waals surface area (Å²) in [5.41, 5.74) is 4.44. The smallest absolute Gasteiger partial charge is 0.259 e. The van der Waals surface area contributed by atoms with Gasteiger partial charge in [0, 0.05) is 52.0 Å². The third-order valence-corrected chi connectivity index (χ3v) is 6.81. The standard InChI is InChI=1S/C23H15Cl2N3O2S/c1-27-20-6-3-12(19-11-31-21(10-29)26-19)7-15(20)16-9-17(23(30)28(2)22(16)27)14-5-4-13(24)8-18(14)25/h3-11H,1-2H3. The fourth-order valence-electron chi connectivity index (χ4n) is 4.02. The minimum absolute atomic E-state index is 0.141. The van der Waals surface area contributed by atoms with Crippen molar-refractivity contribution in [1.29, 1.82) is 0 Å². The van der Waals surface area contributed by atoms with Crippen molar-refractivity contribution in [2.45, 2.75) is 0 Å². The zero-order valence-electron chi connectivity index (χ0n) is 16.5. The van der Waals surface area contributed by atoms with Crippen molar-refractivity contribution in [3.05, 3.63) is 73.3 Å². The summed E-state index contributed by atoms with van der Waals surface area (Å²) in [4.78, 5) is 28.6. The molecule has 0 saturated heterocycles. The molecule has 8 heteroatoms. The Kier molecular flexibility index (Phi) is 4.73. The topological polar surface area (TPSA) is 56.9 Å². The van der Waals surface area contributed by atoms with Crippen LogP contribution in [0.1, 0.15) is 9.80 Å². The fraction of sp³-hybridized carbons (Fsp3) is 0.0870. The minimum Gasteiger partial charge on any atom is -0.330 e. The molecule has 0 unspecified atom stereocenters. The summed E-state index contributed by atoms with van der Waals surface area (Å²) in [6.45, 7) is 0. The molecular formula is C23H15Cl2N3O2S. The van der Waals surface area contributed by atoms with E-state index >= 15 is 0 Å². The zero-order chi connectivity index (χ0) is 21.9. The molecule has 0 radical (unpaired) electrons. The first kappa shape index (κ1) is 20.0. The first-order chi connectivity index (χ1) is 14.9.